The molecular weight excluding hydrogens is 268 g/mol. The third kappa shape index (κ3) is 1.96. The molecule has 2 aromatic rings. The quantitative estimate of drug-likeness (QED) is 0.510. The lowest BCUT2D eigenvalue weighted by Gasteiger charge is -2.11. The Kier molecular flexibility index (Phi) is 3.38. The number of nitro benzene ring substituents is 1. The average Bonchev–Trinajstić information content (AvgIpc) is 2.43. The number of fused-ring (bicyclic) bond motifs is 1. The molecule has 0 aliphatic carbocycles. The van der Waals surface area contributed by atoms with E-state index in [4.69, 9.17) is 0 Å². The zero-order valence-electron chi connectivity index (χ0n) is 10.4. The number of non-ortho nitro benzene ring substituents is 1. The molecule has 0 aliphatic rings. The third-order valence-electron chi connectivity index (χ3n) is 2.87. The van der Waals surface area contributed by atoms with E-state index in [1.807, 2.05) is 0 Å². The van der Waals surface area contributed by atoms with Gasteiger partial charge in [0, 0.05) is 24.1 Å². The third-order valence-corrected chi connectivity index (χ3v) is 2.87. The van der Waals surface area contributed by atoms with Crippen LogP contribution < -0.4 is 10.3 Å². The Balaban J connectivity index is 2.92. The summed E-state index contributed by atoms with van der Waals surface area (Å²) >= 11 is 0. The number of carbonyl (C=O) groups excluding carboxylic acids is 1. The van der Waals surface area contributed by atoms with Gasteiger partial charge in [-0.2, -0.15) is 0 Å². The number of rotatable bonds is 4. The first-order valence-corrected chi connectivity index (χ1v) is 5.65. The van der Waals surface area contributed by atoms with Crippen LogP contribution in [0.3, 0.4) is 0 Å². The lowest BCUT2D eigenvalue weighted by atomic mass is 10.1. The summed E-state index contributed by atoms with van der Waals surface area (Å²) in [6.07, 6.45) is 0. The summed E-state index contributed by atoms with van der Waals surface area (Å²) in [6.45, 7) is 1.89. The van der Waals surface area contributed by atoms with E-state index in [-0.39, 0.29) is 29.6 Å². The molecule has 2 rings (SSSR count). The van der Waals surface area contributed by atoms with Gasteiger partial charge in [0.05, 0.1) is 10.4 Å². The summed E-state index contributed by atoms with van der Waals surface area (Å²) in [5, 5.41) is 20.9. The monoisotopic (exact) mass is 278 g/mol. The molecule has 0 bridgehead atoms. The lowest BCUT2D eigenvalue weighted by molar-refractivity contribution is -0.384. The van der Waals surface area contributed by atoms with E-state index in [9.17, 15) is 24.8 Å². The van der Waals surface area contributed by atoms with Crippen molar-refractivity contribution >= 4 is 23.1 Å². The second kappa shape index (κ2) is 5.00. The van der Waals surface area contributed by atoms with Gasteiger partial charge in [-0.15, -0.1) is 0 Å². The second-order valence-corrected chi connectivity index (χ2v) is 3.90. The number of nitrogens with zero attached hydrogens (tertiary/aromatic N) is 2. The Morgan fingerprint density at radius 2 is 2.20 bits per heavy atom. The number of aromatic nitrogens is 1. The van der Waals surface area contributed by atoms with Crippen LogP contribution in [0.1, 0.15) is 6.92 Å². The number of hydrogen-bond donors (Lipinski definition) is 1. The highest BCUT2D eigenvalue weighted by atomic mass is 16.6. The molecule has 0 saturated heterocycles. The van der Waals surface area contributed by atoms with Crippen LogP contribution in [0.4, 0.5) is 5.69 Å². The fraction of sp³-hybridized carbons (Fsp3) is 0.167. The molecule has 0 spiro atoms. The van der Waals surface area contributed by atoms with E-state index in [1.165, 1.54) is 22.8 Å². The predicted molar refractivity (Wildman–Crippen MR) is 68.9 cm³/mol. The van der Waals surface area contributed by atoms with Gasteiger partial charge in [-0.05, 0) is 13.0 Å². The smallest absolute Gasteiger partial charge is 0.298 e. The molecule has 1 aromatic carbocycles. The molecule has 1 aromatic heterocycles. The molecule has 0 atom stereocenters. The van der Waals surface area contributed by atoms with Crippen LogP contribution in [-0.4, -0.2) is 21.1 Å². The van der Waals surface area contributed by atoms with Crippen LogP contribution in [0.15, 0.2) is 23.0 Å². The van der Waals surface area contributed by atoms with Gasteiger partial charge in [-0.3, -0.25) is 19.7 Å². The van der Waals surface area contributed by atoms with Crippen LogP contribution in [0.2, 0.25) is 0 Å². The van der Waals surface area contributed by atoms with Gasteiger partial charge in [0.25, 0.3) is 17.7 Å². The highest BCUT2D eigenvalue weighted by molar-refractivity contribution is 5.89. The maximum absolute atomic E-state index is 12.1. The van der Waals surface area contributed by atoms with Crippen molar-refractivity contribution in [3.05, 3.63) is 38.7 Å². The van der Waals surface area contributed by atoms with Crippen molar-refractivity contribution < 1.29 is 19.6 Å². The van der Waals surface area contributed by atoms with E-state index >= 15 is 0 Å². The van der Waals surface area contributed by atoms with Crippen molar-refractivity contribution in [2.75, 3.05) is 0 Å². The van der Waals surface area contributed by atoms with Gasteiger partial charge >= 0.3 is 0 Å². The standard InChI is InChI=1S/C12H10N2O6/c1-2-13-9-5-7(14(18)19)3-4-8(9)10(16)11(12(13)17)20-6-15/h3-6,16H,2H2,1H3. The number of ether oxygens (including phenoxy) is 1. The van der Waals surface area contributed by atoms with Crippen molar-refractivity contribution in [2.24, 2.45) is 0 Å². The SMILES string of the molecule is CCn1c(=O)c(OC=O)c(O)c2ccc([N+](=O)[O-])cc21. The number of pyridine rings is 1. The molecule has 1 N–H and O–H groups in total. The van der Waals surface area contributed by atoms with E-state index in [0.29, 0.717) is 0 Å². The highest BCUT2D eigenvalue weighted by Gasteiger charge is 2.19. The molecule has 1 heterocycles. The molecular formula is C12H10N2O6. The molecule has 8 nitrogen and oxygen atoms in total. The number of aromatic hydroxyl groups is 1. The van der Waals surface area contributed by atoms with Crippen LogP contribution in [0, 0.1) is 10.1 Å². The molecule has 8 heteroatoms. The summed E-state index contributed by atoms with van der Waals surface area (Å²) in [4.78, 5) is 32.6. The van der Waals surface area contributed by atoms with Crippen LogP contribution in [0.5, 0.6) is 11.5 Å². The minimum atomic E-state index is -0.731. The topological polar surface area (TPSA) is 112 Å². The molecule has 104 valence electrons. The minimum Gasteiger partial charge on any atom is -0.504 e. The van der Waals surface area contributed by atoms with E-state index in [0.717, 1.165) is 0 Å². The van der Waals surface area contributed by atoms with Crippen molar-refractivity contribution in [3.8, 4) is 11.5 Å². The van der Waals surface area contributed by atoms with Crippen LogP contribution in [-0.2, 0) is 11.3 Å². The summed E-state index contributed by atoms with van der Waals surface area (Å²) in [5.41, 5.74) is -0.741. The Morgan fingerprint density at radius 1 is 1.50 bits per heavy atom. The van der Waals surface area contributed by atoms with Crippen molar-refractivity contribution in [3.63, 3.8) is 0 Å². The Morgan fingerprint density at radius 3 is 2.75 bits per heavy atom. The van der Waals surface area contributed by atoms with Gasteiger partial charge in [0.2, 0.25) is 5.75 Å². The number of benzene rings is 1. The van der Waals surface area contributed by atoms with Crippen molar-refractivity contribution in [1.82, 2.24) is 4.57 Å². The van der Waals surface area contributed by atoms with Gasteiger partial charge in [0.15, 0.2) is 5.75 Å². The number of hydrogen-bond acceptors (Lipinski definition) is 6. The second-order valence-electron chi connectivity index (χ2n) is 3.90. The van der Waals surface area contributed by atoms with Gasteiger partial charge in [-0.1, -0.05) is 0 Å². The zero-order chi connectivity index (χ0) is 14.9. The largest absolute Gasteiger partial charge is 0.504 e. The van der Waals surface area contributed by atoms with Gasteiger partial charge in [0.1, 0.15) is 0 Å². The summed E-state index contributed by atoms with van der Waals surface area (Å²) in [7, 11) is 0. The maximum atomic E-state index is 12.1. The number of nitro groups is 1. The number of carbonyl (C=O) groups is 1. The Hall–Kier alpha value is -2.90. The van der Waals surface area contributed by atoms with Gasteiger partial charge < -0.3 is 14.4 Å². The number of aryl methyl sites for hydroxylation is 1. The molecule has 0 saturated carbocycles. The van der Waals surface area contributed by atoms with E-state index < -0.39 is 22.0 Å². The van der Waals surface area contributed by atoms with E-state index in [1.54, 1.807) is 6.92 Å². The van der Waals surface area contributed by atoms with Crippen LogP contribution in [0.25, 0.3) is 10.9 Å². The predicted octanol–water partition coefficient (Wildman–Crippen LogP) is 1.17. The summed E-state index contributed by atoms with van der Waals surface area (Å²) in [6, 6.07) is 3.67. The fourth-order valence-corrected chi connectivity index (χ4v) is 1.98. The summed E-state index contributed by atoms with van der Waals surface area (Å²) in [5.74, 6) is -1.01. The van der Waals surface area contributed by atoms with Crippen molar-refractivity contribution in [1.29, 1.82) is 0 Å². The molecule has 0 aliphatic heterocycles. The molecule has 0 unspecified atom stereocenters. The first-order chi connectivity index (χ1) is 9.51. The fourth-order valence-electron chi connectivity index (χ4n) is 1.98. The Bertz CT molecular complexity index is 765. The molecule has 0 fully saturated rings. The maximum Gasteiger partial charge on any atom is 0.298 e. The van der Waals surface area contributed by atoms with E-state index in [2.05, 4.69) is 4.74 Å². The zero-order valence-corrected chi connectivity index (χ0v) is 10.4. The first kappa shape index (κ1) is 13.5. The molecule has 20 heavy (non-hydrogen) atoms. The first-order valence-electron chi connectivity index (χ1n) is 5.65. The molecule has 0 radical (unpaired) electrons. The van der Waals surface area contributed by atoms with Crippen molar-refractivity contribution in [2.45, 2.75) is 13.5 Å². The summed E-state index contributed by atoms with van der Waals surface area (Å²) < 4.78 is 5.68. The molecule has 0 amide bonds. The minimum absolute atomic E-state index is 0.0354. The lowest BCUT2D eigenvalue weighted by Crippen LogP contribution is -2.21. The normalized spacial score (nSPS) is 10.4. The average molecular weight is 278 g/mol. The van der Waals surface area contributed by atoms with Crippen LogP contribution >= 0.6 is 0 Å². The van der Waals surface area contributed by atoms with Gasteiger partial charge in [-0.25, -0.2) is 0 Å². The highest BCUT2D eigenvalue weighted by Crippen LogP contribution is 2.32. The Labute approximate surface area is 112 Å².